The summed E-state index contributed by atoms with van der Waals surface area (Å²) in [4.78, 5) is 28.6. The van der Waals surface area contributed by atoms with Crippen LogP contribution in [0.3, 0.4) is 0 Å². The van der Waals surface area contributed by atoms with Gasteiger partial charge in [0.05, 0.1) is 25.5 Å². The monoisotopic (exact) mass is 462 g/mol. The van der Waals surface area contributed by atoms with E-state index in [0.29, 0.717) is 33.5 Å². The van der Waals surface area contributed by atoms with E-state index < -0.39 is 11.8 Å². The zero-order chi connectivity index (χ0) is 23.7. The van der Waals surface area contributed by atoms with Gasteiger partial charge in [-0.3, -0.25) is 9.59 Å². The Hall–Kier alpha value is -3.77. The number of aryl methyl sites for hydroxylation is 2. The van der Waals surface area contributed by atoms with Crippen LogP contribution in [0.5, 0.6) is 11.5 Å². The van der Waals surface area contributed by atoms with Crippen LogP contribution in [-0.2, 0) is 9.59 Å². The number of hydrogen-bond donors (Lipinski definition) is 1. The Balaban J connectivity index is 1.90. The van der Waals surface area contributed by atoms with Gasteiger partial charge in [0.1, 0.15) is 17.2 Å². The maximum atomic E-state index is 13.8. The normalized spacial score (nSPS) is 13.5. The summed E-state index contributed by atoms with van der Waals surface area (Å²) in [7, 11) is 3.02. The summed E-state index contributed by atoms with van der Waals surface area (Å²) in [5.74, 6) is -0.0788. The minimum Gasteiger partial charge on any atom is -0.496 e. The Morgan fingerprint density at radius 1 is 0.848 bits per heavy atom. The van der Waals surface area contributed by atoms with Crippen LogP contribution >= 0.6 is 11.6 Å². The molecule has 0 saturated carbocycles. The van der Waals surface area contributed by atoms with Crippen LogP contribution in [0.15, 0.2) is 66.4 Å². The number of carbonyl (C=O) groups is 2. The second-order valence-electron chi connectivity index (χ2n) is 7.66. The van der Waals surface area contributed by atoms with Crippen molar-refractivity contribution >= 4 is 40.4 Å². The molecule has 0 radical (unpaired) electrons. The van der Waals surface area contributed by atoms with Gasteiger partial charge < -0.3 is 14.8 Å². The van der Waals surface area contributed by atoms with Crippen molar-refractivity contribution in [3.05, 3.63) is 88.1 Å². The molecule has 0 saturated heterocycles. The summed E-state index contributed by atoms with van der Waals surface area (Å²) in [6.07, 6.45) is 0. The first-order chi connectivity index (χ1) is 15.8. The second kappa shape index (κ2) is 9.00. The molecule has 7 heteroatoms. The van der Waals surface area contributed by atoms with E-state index in [1.54, 1.807) is 42.5 Å². The molecule has 2 amide bonds. The van der Waals surface area contributed by atoms with E-state index >= 15 is 0 Å². The highest BCUT2D eigenvalue weighted by Gasteiger charge is 2.42. The van der Waals surface area contributed by atoms with E-state index in [-0.39, 0.29) is 11.3 Å². The van der Waals surface area contributed by atoms with Gasteiger partial charge in [-0.15, -0.1) is 0 Å². The molecule has 0 atom stereocenters. The fraction of sp³-hybridized carbons (Fsp3) is 0.154. The molecule has 168 valence electrons. The van der Waals surface area contributed by atoms with Crippen LogP contribution in [0, 0.1) is 13.8 Å². The van der Waals surface area contributed by atoms with Crippen molar-refractivity contribution < 1.29 is 19.1 Å². The van der Waals surface area contributed by atoms with Crippen LogP contribution in [0.1, 0.15) is 16.7 Å². The van der Waals surface area contributed by atoms with Crippen molar-refractivity contribution in [1.82, 2.24) is 0 Å². The van der Waals surface area contributed by atoms with E-state index in [2.05, 4.69) is 5.32 Å². The first-order valence-corrected chi connectivity index (χ1v) is 10.7. The number of imide groups is 1. The van der Waals surface area contributed by atoms with Gasteiger partial charge >= 0.3 is 0 Å². The van der Waals surface area contributed by atoms with Gasteiger partial charge in [0.25, 0.3) is 11.8 Å². The van der Waals surface area contributed by atoms with Gasteiger partial charge in [0.15, 0.2) is 0 Å². The third kappa shape index (κ3) is 4.05. The van der Waals surface area contributed by atoms with Gasteiger partial charge in [-0.05, 0) is 55.3 Å². The molecule has 0 unspecified atom stereocenters. The van der Waals surface area contributed by atoms with Crippen molar-refractivity contribution in [3.63, 3.8) is 0 Å². The molecule has 1 aliphatic heterocycles. The number of nitrogens with zero attached hydrogens (tertiary/aromatic N) is 1. The van der Waals surface area contributed by atoms with Crippen LogP contribution in [-0.4, -0.2) is 26.0 Å². The fourth-order valence-electron chi connectivity index (χ4n) is 3.76. The standard InChI is InChI=1S/C26H23ClN2O4/c1-15-9-12-22(33-4)20(13-15)29-25(30)23(18-7-5-6-8-21(18)32-3)24(26(29)31)28-17-11-10-16(2)19(27)14-17/h5-14,28H,1-4H3. The lowest BCUT2D eigenvalue weighted by atomic mass is 10.0. The van der Waals surface area contributed by atoms with Crippen molar-refractivity contribution in [2.75, 3.05) is 24.4 Å². The van der Waals surface area contributed by atoms with Crippen molar-refractivity contribution in [1.29, 1.82) is 0 Å². The number of ether oxygens (including phenoxy) is 2. The quantitative estimate of drug-likeness (QED) is 0.499. The number of carbonyl (C=O) groups excluding carboxylic acids is 2. The molecule has 1 heterocycles. The van der Waals surface area contributed by atoms with Gasteiger partial charge in [-0.25, -0.2) is 4.90 Å². The fourth-order valence-corrected chi connectivity index (χ4v) is 3.94. The number of halogens is 1. The lowest BCUT2D eigenvalue weighted by Crippen LogP contribution is -2.32. The lowest BCUT2D eigenvalue weighted by Gasteiger charge is -2.19. The number of methoxy groups -OCH3 is 2. The zero-order valence-electron chi connectivity index (χ0n) is 18.7. The molecule has 0 bridgehead atoms. The second-order valence-corrected chi connectivity index (χ2v) is 8.07. The SMILES string of the molecule is COc1ccccc1C1=C(Nc2ccc(C)c(Cl)c2)C(=O)N(c2cc(C)ccc2OC)C1=O. The zero-order valence-corrected chi connectivity index (χ0v) is 19.5. The third-order valence-corrected chi connectivity index (χ3v) is 5.88. The molecule has 1 N–H and O–H groups in total. The first-order valence-electron chi connectivity index (χ1n) is 10.3. The minimum atomic E-state index is -0.499. The number of amides is 2. The molecule has 0 spiro atoms. The highest BCUT2D eigenvalue weighted by molar-refractivity contribution is 6.46. The summed E-state index contributed by atoms with van der Waals surface area (Å²) < 4.78 is 10.9. The number of benzene rings is 3. The Labute approximate surface area is 197 Å². The number of nitrogens with one attached hydrogen (secondary N) is 1. The summed E-state index contributed by atoms with van der Waals surface area (Å²) in [6.45, 7) is 3.78. The summed E-state index contributed by atoms with van der Waals surface area (Å²) >= 11 is 6.29. The highest BCUT2D eigenvalue weighted by atomic mass is 35.5. The van der Waals surface area contributed by atoms with E-state index in [0.717, 1.165) is 16.0 Å². The predicted octanol–water partition coefficient (Wildman–Crippen LogP) is 5.37. The maximum Gasteiger partial charge on any atom is 0.282 e. The lowest BCUT2D eigenvalue weighted by molar-refractivity contribution is -0.120. The smallest absolute Gasteiger partial charge is 0.282 e. The molecule has 3 aromatic rings. The average molecular weight is 463 g/mol. The molecule has 0 fully saturated rings. The molecule has 6 nitrogen and oxygen atoms in total. The van der Waals surface area contributed by atoms with E-state index in [9.17, 15) is 9.59 Å². The van der Waals surface area contributed by atoms with Gasteiger partial charge in [-0.1, -0.05) is 41.9 Å². The summed E-state index contributed by atoms with van der Waals surface area (Å²) in [5.41, 5.74) is 3.60. The van der Waals surface area contributed by atoms with Crippen LogP contribution < -0.4 is 19.7 Å². The number of anilines is 2. The van der Waals surface area contributed by atoms with Crippen LogP contribution in [0.2, 0.25) is 5.02 Å². The Morgan fingerprint density at radius 2 is 1.58 bits per heavy atom. The number of hydrogen-bond acceptors (Lipinski definition) is 5. The van der Waals surface area contributed by atoms with Crippen LogP contribution in [0.25, 0.3) is 5.57 Å². The topological polar surface area (TPSA) is 67.9 Å². The summed E-state index contributed by atoms with van der Waals surface area (Å²) in [5, 5.41) is 3.68. The molecular formula is C26H23ClN2O4. The highest BCUT2D eigenvalue weighted by Crippen LogP contribution is 2.40. The number of rotatable bonds is 6. The van der Waals surface area contributed by atoms with Crippen LogP contribution in [0.4, 0.5) is 11.4 Å². The molecular weight excluding hydrogens is 440 g/mol. The first kappa shape index (κ1) is 22.4. The Kier molecular flexibility index (Phi) is 6.11. The average Bonchev–Trinajstić information content (AvgIpc) is 3.05. The molecule has 0 aliphatic carbocycles. The molecule has 33 heavy (non-hydrogen) atoms. The van der Waals surface area contributed by atoms with E-state index in [1.807, 2.05) is 32.0 Å². The van der Waals surface area contributed by atoms with Gasteiger partial charge in [-0.2, -0.15) is 0 Å². The van der Waals surface area contributed by atoms with Gasteiger partial charge in [0, 0.05) is 16.3 Å². The number of para-hydroxylation sites is 1. The third-order valence-electron chi connectivity index (χ3n) is 5.48. The molecule has 1 aliphatic rings. The predicted molar refractivity (Wildman–Crippen MR) is 130 cm³/mol. The summed E-state index contributed by atoms with van der Waals surface area (Å²) in [6, 6.07) is 17.8. The van der Waals surface area contributed by atoms with E-state index in [1.165, 1.54) is 14.2 Å². The van der Waals surface area contributed by atoms with Crippen molar-refractivity contribution in [2.45, 2.75) is 13.8 Å². The van der Waals surface area contributed by atoms with Crippen molar-refractivity contribution in [3.8, 4) is 11.5 Å². The maximum absolute atomic E-state index is 13.8. The largest absolute Gasteiger partial charge is 0.496 e. The molecule has 3 aromatic carbocycles. The van der Waals surface area contributed by atoms with E-state index in [4.69, 9.17) is 21.1 Å². The van der Waals surface area contributed by atoms with Gasteiger partial charge in [0.2, 0.25) is 0 Å². The Morgan fingerprint density at radius 3 is 2.27 bits per heavy atom. The Bertz CT molecular complexity index is 1300. The van der Waals surface area contributed by atoms with Crippen molar-refractivity contribution in [2.24, 2.45) is 0 Å². The minimum absolute atomic E-state index is 0.132. The molecule has 0 aromatic heterocycles. The molecule has 4 rings (SSSR count).